The van der Waals surface area contributed by atoms with Gasteiger partial charge in [0.05, 0.1) is 21.3 Å². The number of esters is 1. The van der Waals surface area contributed by atoms with Gasteiger partial charge < -0.3 is 29.2 Å². The fraction of sp³-hybridized carbons (Fsp3) is 0.318. The third-order valence-corrected chi connectivity index (χ3v) is 4.34. The Morgan fingerprint density at radius 2 is 1.52 bits per heavy atom. The third-order valence-electron chi connectivity index (χ3n) is 4.34. The van der Waals surface area contributed by atoms with Crippen molar-refractivity contribution in [3.63, 3.8) is 0 Å². The minimum atomic E-state index is -1.11. The summed E-state index contributed by atoms with van der Waals surface area (Å²) in [6.45, 7) is -0.431. The zero-order chi connectivity index (χ0) is 23.0. The molecule has 0 fully saturated rings. The summed E-state index contributed by atoms with van der Waals surface area (Å²) < 4.78 is 21.0. The lowest BCUT2D eigenvalue weighted by atomic mass is 10.1. The first-order chi connectivity index (χ1) is 14.8. The first-order valence-corrected chi connectivity index (χ1v) is 9.36. The van der Waals surface area contributed by atoms with E-state index < -0.39 is 30.4 Å². The average Bonchev–Trinajstić information content (AvgIpc) is 2.79. The minimum Gasteiger partial charge on any atom is -0.493 e. The van der Waals surface area contributed by atoms with Gasteiger partial charge in [-0.05, 0) is 12.1 Å². The highest BCUT2D eigenvalue weighted by molar-refractivity contribution is 5.97. The zero-order valence-electron chi connectivity index (χ0n) is 18.1. The van der Waals surface area contributed by atoms with Gasteiger partial charge >= 0.3 is 5.97 Å². The lowest BCUT2D eigenvalue weighted by Crippen LogP contribution is -2.35. The van der Waals surface area contributed by atoms with Crippen molar-refractivity contribution >= 4 is 17.8 Å². The van der Waals surface area contributed by atoms with E-state index in [1.165, 1.54) is 38.4 Å². The molecule has 2 rings (SSSR count). The van der Waals surface area contributed by atoms with Crippen LogP contribution in [-0.2, 0) is 14.3 Å². The maximum atomic E-state index is 12.5. The maximum Gasteiger partial charge on any atom is 0.326 e. The summed E-state index contributed by atoms with van der Waals surface area (Å²) in [7, 11) is 7.45. The molecule has 2 amide bonds. The van der Waals surface area contributed by atoms with Crippen LogP contribution in [0.1, 0.15) is 22.0 Å². The first-order valence-electron chi connectivity index (χ1n) is 9.36. The Morgan fingerprint density at radius 3 is 2.00 bits per heavy atom. The van der Waals surface area contributed by atoms with Crippen LogP contribution in [0.4, 0.5) is 0 Å². The first kappa shape index (κ1) is 23.5. The van der Waals surface area contributed by atoms with Crippen molar-refractivity contribution in [3.05, 3.63) is 53.6 Å². The number of nitrogens with zero attached hydrogens (tertiary/aromatic N) is 1. The van der Waals surface area contributed by atoms with Gasteiger partial charge in [-0.25, -0.2) is 0 Å². The van der Waals surface area contributed by atoms with Gasteiger partial charge in [-0.3, -0.25) is 14.4 Å². The average molecular weight is 430 g/mol. The fourth-order valence-corrected chi connectivity index (χ4v) is 2.76. The molecule has 0 aliphatic heterocycles. The number of benzene rings is 2. The summed E-state index contributed by atoms with van der Waals surface area (Å²) in [4.78, 5) is 38.7. The van der Waals surface area contributed by atoms with Crippen molar-refractivity contribution in [2.24, 2.45) is 0 Å². The van der Waals surface area contributed by atoms with Gasteiger partial charge in [0.2, 0.25) is 11.9 Å². The Morgan fingerprint density at radius 1 is 0.935 bits per heavy atom. The second-order valence-corrected chi connectivity index (χ2v) is 6.61. The molecule has 0 aliphatic rings. The molecule has 1 N–H and O–H groups in total. The van der Waals surface area contributed by atoms with E-state index in [-0.39, 0.29) is 5.56 Å². The Balaban J connectivity index is 2.10. The summed E-state index contributed by atoms with van der Waals surface area (Å²) in [5.74, 6) is -0.758. The number of likely N-dealkylation sites (N-methyl/N-ethyl adjacent to an activating group) is 1. The Labute approximate surface area is 180 Å². The van der Waals surface area contributed by atoms with Gasteiger partial charge in [-0.2, -0.15) is 0 Å². The normalized spacial score (nSPS) is 11.1. The topological polar surface area (TPSA) is 103 Å². The molecular formula is C22H26N2O7. The molecule has 0 spiro atoms. The zero-order valence-corrected chi connectivity index (χ0v) is 18.1. The van der Waals surface area contributed by atoms with Gasteiger partial charge in [-0.1, -0.05) is 30.3 Å². The van der Waals surface area contributed by atoms with E-state index in [4.69, 9.17) is 18.9 Å². The maximum absolute atomic E-state index is 12.5. The molecular weight excluding hydrogens is 404 g/mol. The number of methoxy groups -OCH3 is 3. The van der Waals surface area contributed by atoms with Crippen molar-refractivity contribution in [1.82, 2.24) is 10.2 Å². The minimum absolute atomic E-state index is 0.200. The van der Waals surface area contributed by atoms with Crippen LogP contribution in [0.5, 0.6) is 17.2 Å². The molecule has 1 atom stereocenters. The Kier molecular flexibility index (Phi) is 8.25. The quantitative estimate of drug-likeness (QED) is 0.605. The predicted octanol–water partition coefficient (Wildman–Crippen LogP) is 1.81. The van der Waals surface area contributed by atoms with Crippen molar-refractivity contribution < 1.29 is 33.3 Å². The van der Waals surface area contributed by atoms with Crippen LogP contribution in [0, 0.1) is 0 Å². The molecule has 31 heavy (non-hydrogen) atoms. The van der Waals surface area contributed by atoms with Crippen LogP contribution in [0.2, 0.25) is 0 Å². The van der Waals surface area contributed by atoms with Crippen molar-refractivity contribution in [2.75, 3.05) is 42.0 Å². The van der Waals surface area contributed by atoms with E-state index in [0.29, 0.717) is 22.8 Å². The van der Waals surface area contributed by atoms with E-state index in [1.54, 1.807) is 44.4 Å². The molecule has 0 saturated heterocycles. The fourth-order valence-electron chi connectivity index (χ4n) is 2.76. The molecule has 0 saturated carbocycles. The summed E-state index contributed by atoms with van der Waals surface area (Å²) >= 11 is 0. The summed E-state index contributed by atoms with van der Waals surface area (Å²) in [5, 5.41) is 2.47. The number of nitrogens with one attached hydrogen (secondary N) is 1. The number of carbonyl (C=O) groups excluding carboxylic acids is 3. The molecule has 0 heterocycles. The van der Waals surface area contributed by atoms with Crippen LogP contribution in [0.3, 0.4) is 0 Å². The van der Waals surface area contributed by atoms with Gasteiger partial charge in [0, 0.05) is 25.2 Å². The second-order valence-electron chi connectivity index (χ2n) is 6.61. The highest BCUT2D eigenvalue weighted by atomic mass is 16.6. The molecule has 9 nitrogen and oxygen atoms in total. The van der Waals surface area contributed by atoms with Crippen LogP contribution >= 0.6 is 0 Å². The number of hydrogen-bond donors (Lipinski definition) is 1. The SMILES string of the molecule is COc1cc(C(=O)NCC(=O)OC(C(=O)N(C)C)c2ccccc2)cc(OC)c1OC. The van der Waals surface area contributed by atoms with Gasteiger partial charge in [0.25, 0.3) is 11.8 Å². The van der Waals surface area contributed by atoms with Gasteiger partial charge in [-0.15, -0.1) is 0 Å². The molecule has 9 heteroatoms. The number of amides is 2. The Bertz CT molecular complexity index is 904. The van der Waals surface area contributed by atoms with Crippen LogP contribution in [-0.4, -0.2) is 64.7 Å². The van der Waals surface area contributed by atoms with Crippen molar-refractivity contribution in [2.45, 2.75) is 6.10 Å². The highest BCUT2D eigenvalue weighted by Gasteiger charge is 2.26. The number of ether oxygens (including phenoxy) is 4. The molecule has 2 aromatic rings. The smallest absolute Gasteiger partial charge is 0.326 e. The number of carbonyl (C=O) groups is 3. The number of hydrogen-bond acceptors (Lipinski definition) is 7. The molecule has 0 aliphatic carbocycles. The summed E-state index contributed by atoms with van der Waals surface area (Å²) in [6.07, 6.45) is -1.11. The predicted molar refractivity (Wildman–Crippen MR) is 112 cm³/mol. The van der Waals surface area contributed by atoms with Gasteiger partial charge in [0.15, 0.2) is 11.5 Å². The van der Waals surface area contributed by atoms with E-state index in [1.807, 2.05) is 0 Å². The standard InChI is InChI=1S/C22H26N2O7/c1-24(2)22(27)19(14-9-7-6-8-10-14)31-18(25)13-23-21(26)15-11-16(28-3)20(30-5)17(12-15)29-4/h6-12,19H,13H2,1-5H3,(H,23,26). The molecule has 166 valence electrons. The van der Waals surface area contributed by atoms with E-state index in [9.17, 15) is 14.4 Å². The lowest BCUT2D eigenvalue weighted by Gasteiger charge is -2.21. The molecule has 2 aromatic carbocycles. The largest absolute Gasteiger partial charge is 0.493 e. The highest BCUT2D eigenvalue weighted by Crippen LogP contribution is 2.38. The summed E-state index contributed by atoms with van der Waals surface area (Å²) in [6, 6.07) is 11.6. The number of rotatable bonds is 9. The molecule has 1 unspecified atom stereocenters. The van der Waals surface area contributed by atoms with E-state index >= 15 is 0 Å². The molecule has 0 aromatic heterocycles. The van der Waals surface area contributed by atoms with E-state index in [2.05, 4.69) is 5.32 Å². The lowest BCUT2D eigenvalue weighted by molar-refractivity contribution is -0.158. The van der Waals surface area contributed by atoms with Crippen LogP contribution < -0.4 is 19.5 Å². The second kappa shape index (κ2) is 10.9. The van der Waals surface area contributed by atoms with Crippen LogP contribution in [0.15, 0.2) is 42.5 Å². The third kappa shape index (κ3) is 5.88. The van der Waals surface area contributed by atoms with Crippen LogP contribution in [0.25, 0.3) is 0 Å². The Hall–Kier alpha value is -3.75. The van der Waals surface area contributed by atoms with Crippen molar-refractivity contribution in [1.29, 1.82) is 0 Å². The monoisotopic (exact) mass is 430 g/mol. The summed E-state index contributed by atoms with van der Waals surface area (Å²) in [5.41, 5.74) is 0.733. The van der Waals surface area contributed by atoms with Crippen molar-refractivity contribution in [3.8, 4) is 17.2 Å². The molecule has 0 bridgehead atoms. The van der Waals surface area contributed by atoms with Gasteiger partial charge in [0.1, 0.15) is 6.54 Å². The molecule has 0 radical (unpaired) electrons. The van der Waals surface area contributed by atoms with E-state index in [0.717, 1.165) is 0 Å².